The molecule has 3 atom stereocenters. The van der Waals surface area contributed by atoms with Crippen molar-refractivity contribution in [2.45, 2.75) is 32.4 Å². The van der Waals surface area contributed by atoms with Gasteiger partial charge in [-0.2, -0.15) is 0 Å². The summed E-state index contributed by atoms with van der Waals surface area (Å²) in [7, 11) is 4.16. The maximum Gasteiger partial charge on any atom is 0.223 e. The van der Waals surface area contributed by atoms with Gasteiger partial charge >= 0.3 is 0 Å². The van der Waals surface area contributed by atoms with E-state index in [0.29, 0.717) is 18.4 Å². The molecule has 1 saturated heterocycles. The van der Waals surface area contributed by atoms with E-state index >= 15 is 0 Å². The van der Waals surface area contributed by atoms with Gasteiger partial charge in [0, 0.05) is 24.9 Å². The predicted molar refractivity (Wildman–Crippen MR) is 77.8 cm³/mol. The summed E-state index contributed by atoms with van der Waals surface area (Å²) in [5.41, 5.74) is 1.22. The third-order valence-electron chi connectivity index (χ3n) is 4.43. The summed E-state index contributed by atoms with van der Waals surface area (Å²) in [5.74, 6) is 0.726. The van der Waals surface area contributed by atoms with Gasteiger partial charge in [0.25, 0.3) is 0 Å². The van der Waals surface area contributed by atoms with Crippen molar-refractivity contribution in [3.05, 3.63) is 35.9 Å². The number of amides is 1. The molecule has 3 nitrogen and oxygen atoms in total. The smallest absolute Gasteiger partial charge is 0.223 e. The quantitative estimate of drug-likeness (QED) is 0.830. The molecule has 1 aromatic carbocycles. The lowest BCUT2D eigenvalue weighted by Crippen LogP contribution is -2.35. The second-order valence-electron chi connectivity index (χ2n) is 5.80. The zero-order valence-corrected chi connectivity index (χ0v) is 12.3. The molecule has 0 spiro atoms. The van der Waals surface area contributed by atoms with Gasteiger partial charge in [0.15, 0.2) is 0 Å². The van der Waals surface area contributed by atoms with Gasteiger partial charge in [-0.15, -0.1) is 0 Å². The van der Waals surface area contributed by atoms with Gasteiger partial charge < -0.3 is 9.80 Å². The van der Waals surface area contributed by atoms with E-state index in [9.17, 15) is 4.79 Å². The van der Waals surface area contributed by atoms with Crippen LogP contribution in [0.5, 0.6) is 0 Å². The lowest BCUT2D eigenvalue weighted by Gasteiger charge is -2.28. The molecular weight excluding hydrogens is 236 g/mol. The molecule has 3 heteroatoms. The Kier molecular flexibility index (Phi) is 4.25. The maximum atomic E-state index is 12.2. The minimum Gasteiger partial charge on any atom is -0.336 e. The number of carbonyl (C=O) groups excluding carboxylic acids is 1. The zero-order valence-electron chi connectivity index (χ0n) is 12.3. The third kappa shape index (κ3) is 2.98. The molecule has 0 saturated carbocycles. The molecule has 0 aromatic heterocycles. The summed E-state index contributed by atoms with van der Waals surface area (Å²) < 4.78 is 0. The maximum absolute atomic E-state index is 12.2. The molecule has 1 heterocycles. The first kappa shape index (κ1) is 14.1. The predicted octanol–water partition coefficient (Wildman–Crippen LogP) is 2.55. The van der Waals surface area contributed by atoms with Crippen molar-refractivity contribution in [2.75, 3.05) is 20.6 Å². The Morgan fingerprint density at radius 2 is 1.84 bits per heavy atom. The first-order chi connectivity index (χ1) is 9.00. The van der Waals surface area contributed by atoms with Crippen molar-refractivity contribution < 1.29 is 4.79 Å². The average molecular weight is 260 g/mol. The lowest BCUT2D eigenvalue weighted by molar-refractivity contribution is -0.129. The van der Waals surface area contributed by atoms with Crippen LogP contribution in [-0.4, -0.2) is 42.4 Å². The summed E-state index contributed by atoms with van der Waals surface area (Å²) in [6, 6.07) is 10.9. The van der Waals surface area contributed by atoms with Crippen molar-refractivity contribution in [2.24, 2.45) is 5.92 Å². The van der Waals surface area contributed by atoms with Crippen LogP contribution >= 0.6 is 0 Å². The molecule has 0 radical (unpaired) electrons. The van der Waals surface area contributed by atoms with Crippen LogP contribution in [0.3, 0.4) is 0 Å². The fraction of sp³-hybridized carbons (Fsp3) is 0.562. The molecule has 1 aliphatic rings. The highest BCUT2D eigenvalue weighted by Gasteiger charge is 2.36. The Bertz CT molecular complexity index is 430. The van der Waals surface area contributed by atoms with Crippen LogP contribution in [0, 0.1) is 5.92 Å². The largest absolute Gasteiger partial charge is 0.336 e. The first-order valence-corrected chi connectivity index (χ1v) is 7.01. The second kappa shape index (κ2) is 5.74. The Morgan fingerprint density at radius 1 is 1.21 bits per heavy atom. The molecule has 1 amide bonds. The van der Waals surface area contributed by atoms with Gasteiger partial charge in [-0.1, -0.05) is 30.3 Å². The molecule has 19 heavy (non-hydrogen) atoms. The number of hydrogen-bond donors (Lipinski definition) is 0. The van der Waals surface area contributed by atoms with Crippen LogP contribution in [0.1, 0.15) is 31.9 Å². The minimum absolute atomic E-state index is 0.174. The van der Waals surface area contributed by atoms with Gasteiger partial charge in [-0.05, 0) is 33.5 Å². The summed E-state index contributed by atoms with van der Waals surface area (Å²) >= 11 is 0. The number of benzene rings is 1. The van der Waals surface area contributed by atoms with Gasteiger partial charge in [-0.3, -0.25) is 4.79 Å². The number of hydrogen-bond acceptors (Lipinski definition) is 2. The van der Waals surface area contributed by atoms with Crippen LogP contribution in [0.15, 0.2) is 30.3 Å². The molecule has 0 N–H and O–H groups in total. The summed E-state index contributed by atoms with van der Waals surface area (Å²) in [5, 5.41) is 0. The molecule has 1 aromatic rings. The summed E-state index contributed by atoms with van der Waals surface area (Å²) in [6.07, 6.45) is 0.677. The van der Waals surface area contributed by atoms with Crippen LogP contribution < -0.4 is 0 Å². The first-order valence-electron chi connectivity index (χ1n) is 7.01. The number of nitrogens with zero attached hydrogens (tertiary/aromatic N) is 2. The molecule has 0 aliphatic carbocycles. The molecule has 104 valence electrons. The van der Waals surface area contributed by atoms with Crippen LogP contribution in [0.2, 0.25) is 0 Å². The number of rotatable bonds is 4. The SMILES string of the molecule is C[C@H]([C@@H]1CC(=O)N([C@H](C)c2ccccc2)C1)N(C)C. The van der Waals surface area contributed by atoms with E-state index in [-0.39, 0.29) is 11.9 Å². The fourth-order valence-electron chi connectivity index (χ4n) is 2.79. The Balaban J connectivity index is 2.08. The Morgan fingerprint density at radius 3 is 2.42 bits per heavy atom. The molecular formula is C16H24N2O. The Labute approximate surface area is 116 Å². The number of likely N-dealkylation sites (tertiary alicyclic amines) is 1. The van der Waals surface area contributed by atoms with Crippen LogP contribution in [0.4, 0.5) is 0 Å². The average Bonchev–Trinajstić information content (AvgIpc) is 2.80. The van der Waals surface area contributed by atoms with E-state index in [0.717, 1.165) is 6.54 Å². The van der Waals surface area contributed by atoms with Crippen molar-refractivity contribution >= 4 is 5.91 Å². The molecule has 2 rings (SSSR count). The highest BCUT2D eigenvalue weighted by Crippen LogP contribution is 2.30. The lowest BCUT2D eigenvalue weighted by atomic mass is 9.99. The second-order valence-corrected chi connectivity index (χ2v) is 5.80. The highest BCUT2D eigenvalue weighted by atomic mass is 16.2. The van der Waals surface area contributed by atoms with Crippen molar-refractivity contribution in [3.8, 4) is 0 Å². The van der Waals surface area contributed by atoms with E-state index in [1.54, 1.807) is 0 Å². The van der Waals surface area contributed by atoms with Crippen molar-refractivity contribution in [1.29, 1.82) is 0 Å². The van der Waals surface area contributed by atoms with E-state index in [4.69, 9.17) is 0 Å². The van der Waals surface area contributed by atoms with Crippen molar-refractivity contribution in [3.63, 3.8) is 0 Å². The van der Waals surface area contributed by atoms with E-state index in [1.807, 2.05) is 23.1 Å². The van der Waals surface area contributed by atoms with E-state index in [2.05, 4.69) is 45.0 Å². The third-order valence-corrected chi connectivity index (χ3v) is 4.43. The number of carbonyl (C=O) groups is 1. The summed E-state index contributed by atoms with van der Waals surface area (Å²) in [6.45, 7) is 5.19. The van der Waals surface area contributed by atoms with E-state index in [1.165, 1.54) is 5.56 Å². The van der Waals surface area contributed by atoms with Gasteiger partial charge in [0.2, 0.25) is 5.91 Å². The van der Waals surface area contributed by atoms with Gasteiger partial charge in [0.1, 0.15) is 0 Å². The topological polar surface area (TPSA) is 23.6 Å². The zero-order chi connectivity index (χ0) is 14.0. The van der Waals surface area contributed by atoms with Crippen LogP contribution in [-0.2, 0) is 4.79 Å². The normalized spacial score (nSPS) is 22.9. The molecule has 0 unspecified atom stereocenters. The van der Waals surface area contributed by atoms with Gasteiger partial charge in [-0.25, -0.2) is 0 Å². The standard InChI is InChI=1S/C16H24N2O/c1-12(17(3)4)15-10-16(19)18(11-15)13(2)14-8-6-5-7-9-14/h5-9,12-13,15H,10-11H2,1-4H3/t12-,13-,15-/m1/s1. The Hall–Kier alpha value is -1.35. The van der Waals surface area contributed by atoms with E-state index < -0.39 is 0 Å². The molecule has 1 aliphatic heterocycles. The monoisotopic (exact) mass is 260 g/mol. The van der Waals surface area contributed by atoms with Gasteiger partial charge in [0.05, 0.1) is 6.04 Å². The van der Waals surface area contributed by atoms with Crippen LogP contribution in [0.25, 0.3) is 0 Å². The van der Waals surface area contributed by atoms with Crippen molar-refractivity contribution in [1.82, 2.24) is 9.80 Å². The fourth-order valence-corrected chi connectivity index (χ4v) is 2.79. The molecule has 0 bridgehead atoms. The summed E-state index contributed by atoms with van der Waals surface area (Å²) in [4.78, 5) is 16.5. The minimum atomic E-state index is 0.174. The molecule has 1 fully saturated rings. The highest BCUT2D eigenvalue weighted by molar-refractivity contribution is 5.79.